The molecule has 0 aliphatic heterocycles. The van der Waals surface area contributed by atoms with E-state index < -0.39 is 40.9 Å². The second-order valence-corrected chi connectivity index (χ2v) is 10.4. The molecule has 5 aromatic rings. The fraction of sp³-hybridized carbons (Fsp3) is 0.0571. The Morgan fingerprint density at radius 1 is 0.622 bits per heavy atom. The molecule has 1 N–H and O–H groups in total. The minimum Gasteiger partial charge on any atom is -0.312 e. The molecule has 0 spiro atoms. The van der Waals surface area contributed by atoms with Crippen LogP contribution in [0.4, 0.5) is 26.3 Å². The van der Waals surface area contributed by atoms with Crippen LogP contribution in [-0.4, -0.2) is 6.21 Å². The first kappa shape index (κ1) is 29.2. The van der Waals surface area contributed by atoms with E-state index in [1.54, 1.807) is 55.6 Å². The smallest absolute Gasteiger partial charge is 0.205 e. The van der Waals surface area contributed by atoms with Crippen molar-refractivity contribution in [3.63, 3.8) is 0 Å². The van der Waals surface area contributed by atoms with Gasteiger partial charge in [0.15, 0.2) is 41.1 Å². The van der Waals surface area contributed by atoms with Crippen molar-refractivity contribution in [3.05, 3.63) is 130 Å². The Morgan fingerprint density at radius 3 is 1.69 bits per heavy atom. The van der Waals surface area contributed by atoms with Crippen LogP contribution in [0.15, 0.2) is 77.8 Å². The first-order valence-electron chi connectivity index (χ1n) is 13.4. The van der Waals surface area contributed by atoms with Crippen LogP contribution >= 0.6 is 0 Å². The first-order chi connectivity index (χ1) is 21.6. The van der Waals surface area contributed by atoms with Crippen LogP contribution in [0.5, 0.6) is 0 Å². The highest BCUT2D eigenvalue weighted by molar-refractivity contribution is 5.96. The molecule has 0 radical (unpaired) electrons. The first-order valence-corrected chi connectivity index (χ1v) is 13.4. The maximum Gasteiger partial charge on any atom is 0.205 e. The van der Waals surface area contributed by atoms with Gasteiger partial charge in [0.2, 0.25) is 6.19 Å². The second-order valence-electron chi connectivity index (χ2n) is 10.4. The van der Waals surface area contributed by atoms with E-state index in [1.807, 2.05) is 12.3 Å². The number of benzene rings is 5. The van der Waals surface area contributed by atoms with E-state index in [4.69, 9.17) is 5.26 Å². The summed E-state index contributed by atoms with van der Waals surface area (Å²) in [6.45, 7) is 1.78. The van der Waals surface area contributed by atoms with Crippen LogP contribution in [0.2, 0.25) is 0 Å². The van der Waals surface area contributed by atoms with Gasteiger partial charge in [-0.25, -0.2) is 26.3 Å². The largest absolute Gasteiger partial charge is 0.312 e. The number of nitrogens with one attached hydrogen (secondary N) is 1. The molecule has 1 aliphatic carbocycles. The maximum absolute atomic E-state index is 14.0. The number of fused-ring (bicyclic) bond motifs is 3. The molecule has 0 saturated carbocycles. The molecule has 1 aliphatic rings. The van der Waals surface area contributed by atoms with Gasteiger partial charge in [-0.15, -0.1) is 0 Å². The molecule has 0 heterocycles. The minimum absolute atomic E-state index is 0.111. The summed E-state index contributed by atoms with van der Waals surface area (Å²) in [6, 6.07) is 16.6. The van der Waals surface area contributed by atoms with Crippen LogP contribution in [0.25, 0.3) is 44.5 Å². The van der Waals surface area contributed by atoms with Crippen molar-refractivity contribution in [3.8, 4) is 56.9 Å². The number of halogens is 6. The lowest BCUT2D eigenvalue weighted by Crippen LogP contribution is -2.14. The third kappa shape index (κ3) is 5.07. The lowest BCUT2D eigenvalue weighted by Gasteiger charge is -2.16. The van der Waals surface area contributed by atoms with Crippen LogP contribution < -0.4 is 5.32 Å². The van der Waals surface area contributed by atoms with Gasteiger partial charge in [-0.3, -0.25) is 0 Å². The van der Waals surface area contributed by atoms with Gasteiger partial charge in [-0.2, -0.15) is 15.5 Å². The Labute approximate surface area is 253 Å². The summed E-state index contributed by atoms with van der Waals surface area (Å²) in [5, 5.41) is 21.6. The highest BCUT2D eigenvalue weighted by Crippen LogP contribution is 2.47. The molecule has 4 nitrogen and oxygen atoms in total. The Kier molecular flexibility index (Phi) is 7.35. The number of aliphatic imine (C=N–C) groups is 1. The van der Waals surface area contributed by atoms with Gasteiger partial charge in [0, 0.05) is 11.8 Å². The van der Waals surface area contributed by atoms with E-state index in [-0.39, 0.29) is 11.1 Å². The zero-order valence-electron chi connectivity index (χ0n) is 23.2. The predicted octanol–water partition coefficient (Wildman–Crippen LogP) is 8.87. The summed E-state index contributed by atoms with van der Waals surface area (Å²) in [6.07, 6.45) is 5.08. The van der Waals surface area contributed by atoms with Crippen molar-refractivity contribution in [1.82, 2.24) is 5.32 Å². The number of hydrogen-bond donors (Lipinski definition) is 1. The van der Waals surface area contributed by atoms with Crippen molar-refractivity contribution in [1.29, 1.82) is 10.5 Å². The lowest BCUT2D eigenvalue weighted by atomic mass is 9.89. The molecule has 220 valence electrons. The number of nitriles is 2. The fourth-order valence-corrected chi connectivity index (χ4v) is 5.75. The molecule has 1 unspecified atom stereocenters. The number of nitrogens with zero attached hydrogens (tertiary/aromatic N) is 3. The van der Waals surface area contributed by atoms with Gasteiger partial charge < -0.3 is 5.32 Å². The van der Waals surface area contributed by atoms with Crippen LogP contribution in [0.1, 0.15) is 28.3 Å². The van der Waals surface area contributed by atoms with Crippen molar-refractivity contribution in [2.75, 3.05) is 0 Å². The second kappa shape index (κ2) is 11.3. The van der Waals surface area contributed by atoms with E-state index >= 15 is 0 Å². The Balaban J connectivity index is 1.49. The van der Waals surface area contributed by atoms with Gasteiger partial charge in [-0.05, 0) is 111 Å². The van der Waals surface area contributed by atoms with Crippen LogP contribution in [0.3, 0.4) is 0 Å². The summed E-state index contributed by atoms with van der Waals surface area (Å²) in [5.41, 5.74) is 6.42. The number of rotatable bonds is 5. The standard InChI is InChI=1S/C35H18F6N4/c1-17-6-18(20-9-29(36)33(40)30(37)10-20)2-4-23(17)25-13-28-26(8-22(25)14-44-15-42)24-5-3-19(7-27(24)35(28)45-16-43)21-11-31(38)34(41)32(39)12-21/h2-14,35,45H,1H3. The van der Waals surface area contributed by atoms with E-state index in [0.717, 1.165) is 35.4 Å². The van der Waals surface area contributed by atoms with Crippen LogP contribution in [-0.2, 0) is 0 Å². The molecule has 10 heteroatoms. The molecule has 0 amide bonds. The normalized spacial score (nSPS) is 13.3. The molecule has 1 atom stereocenters. The lowest BCUT2D eigenvalue weighted by molar-refractivity contribution is 0.447. The van der Waals surface area contributed by atoms with Crippen molar-refractivity contribution in [2.24, 2.45) is 4.99 Å². The summed E-state index contributed by atoms with van der Waals surface area (Å²) in [4.78, 5) is 3.76. The molecule has 0 aromatic heterocycles. The summed E-state index contributed by atoms with van der Waals surface area (Å²) < 4.78 is 83.0. The molecule has 0 saturated heterocycles. The number of hydrogen-bond acceptors (Lipinski definition) is 4. The third-order valence-electron chi connectivity index (χ3n) is 7.81. The topological polar surface area (TPSA) is 72.0 Å². The number of aryl methyl sites for hydroxylation is 1. The zero-order valence-corrected chi connectivity index (χ0v) is 23.2. The molecule has 0 bridgehead atoms. The summed E-state index contributed by atoms with van der Waals surface area (Å²) in [7, 11) is 0. The van der Waals surface area contributed by atoms with Gasteiger partial charge in [0.05, 0.1) is 6.04 Å². The third-order valence-corrected chi connectivity index (χ3v) is 7.81. The fourth-order valence-electron chi connectivity index (χ4n) is 5.75. The Bertz CT molecular complexity index is 2110. The summed E-state index contributed by atoms with van der Waals surface area (Å²) >= 11 is 0. The Morgan fingerprint density at radius 2 is 1.16 bits per heavy atom. The van der Waals surface area contributed by atoms with E-state index in [0.29, 0.717) is 44.5 Å². The van der Waals surface area contributed by atoms with Crippen molar-refractivity contribution < 1.29 is 26.3 Å². The zero-order chi connectivity index (χ0) is 32.0. The van der Waals surface area contributed by atoms with Crippen molar-refractivity contribution in [2.45, 2.75) is 13.0 Å². The average molecular weight is 609 g/mol. The minimum atomic E-state index is -1.57. The van der Waals surface area contributed by atoms with Gasteiger partial charge >= 0.3 is 0 Å². The molecule has 5 aromatic carbocycles. The average Bonchev–Trinajstić information content (AvgIpc) is 3.32. The molecule has 0 fully saturated rings. The van der Waals surface area contributed by atoms with Gasteiger partial charge in [0.25, 0.3) is 0 Å². The molecule has 6 rings (SSSR count). The SMILES string of the molecule is Cc1cc(-c2cc(F)c(F)c(F)c2)ccc1-c1cc2c(cc1C=NC#N)-c1ccc(-c3cc(F)c(F)c(F)c3)cc1C2NC#N. The summed E-state index contributed by atoms with van der Waals surface area (Å²) in [5.74, 6) is -8.42. The maximum atomic E-state index is 14.0. The molecular weight excluding hydrogens is 590 g/mol. The van der Waals surface area contributed by atoms with Gasteiger partial charge in [-0.1, -0.05) is 30.3 Å². The monoisotopic (exact) mass is 608 g/mol. The molecular formula is C35H18F6N4. The van der Waals surface area contributed by atoms with E-state index in [2.05, 4.69) is 10.3 Å². The molecule has 45 heavy (non-hydrogen) atoms. The van der Waals surface area contributed by atoms with Crippen LogP contribution in [0, 0.1) is 64.7 Å². The van der Waals surface area contributed by atoms with Crippen molar-refractivity contribution >= 4 is 6.21 Å². The van der Waals surface area contributed by atoms with E-state index in [1.165, 1.54) is 6.21 Å². The quantitative estimate of drug-likeness (QED) is 0.0712. The highest BCUT2D eigenvalue weighted by atomic mass is 19.2. The van der Waals surface area contributed by atoms with E-state index in [9.17, 15) is 31.6 Å². The van der Waals surface area contributed by atoms with Gasteiger partial charge in [0.1, 0.15) is 0 Å². The predicted molar refractivity (Wildman–Crippen MR) is 156 cm³/mol. The highest BCUT2D eigenvalue weighted by Gasteiger charge is 2.31. The Hall–Kier alpha value is -5.87.